The summed E-state index contributed by atoms with van der Waals surface area (Å²) in [5.74, 6) is 0.0919. The van der Waals surface area contributed by atoms with Gasteiger partial charge in [0.2, 0.25) is 5.91 Å². The van der Waals surface area contributed by atoms with E-state index in [9.17, 15) is 4.79 Å². The standard InChI is InChI=1S/C15H19NO/c1-3-7-15(17)16(2)14-11-6-9-12-8-4-5-10-13(12)14/h3-5,7-8,10,14H,6,9,11H2,1-2H3. The lowest BCUT2D eigenvalue weighted by Crippen LogP contribution is -2.32. The van der Waals surface area contributed by atoms with Crippen LogP contribution >= 0.6 is 0 Å². The van der Waals surface area contributed by atoms with Crippen molar-refractivity contribution in [2.45, 2.75) is 32.2 Å². The molecule has 90 valence electrons. The highest BCUT2D eigenvalue weighted by Crippen LogP contribution is 2.33. The van der Waals surface area contributed by atoms with Gasteiger partial charge in [-0.2, -0.15) is 0 Å². The molecule has 0 radical (unpaired) electrons. The highest BCUT2D eigenvalue weighted by molar-refractivity contribution is 5.87. The first kappa shape index (κ1) is 11.9. The molecule has 17 heavy (non-hydrogen) atoms. The fraction of sp³-hybridized carbons (Fsp3) is 0.400. The van der Waals surface area contributed by atoms with E-state index in [4.69, 9.17) is 0 Å². The predicted octanol–water partition coefficient (Wildman–Crippen LogP) is 3.10. The third-order valence-corrected chi connectivity index (χ3v) is 3.46. The Bertz CT molecular complexity index is 436. The maximum absolute atomic E-state index is 11.9. The van der Waals surface area contributed by atoms with Gasteiger partial charge in [0.25, 0.3) is 0 Å². The fourth-order valence-corrected chi connectivity index (χ4v) is 2.54. The zero-order valence-electron chi connectivity index (χ0n) is 10.5. The van der Waals surface area contributed by atoms with Crippen LogP contribution in [0.2, 0.25) is 0 Å². The first-order valence-corrected chi connectivity index (χ1v) is 6.21. The van der Waals surface area contributed by atoms with Gasteiger partial charge in [0.15, 0.2) is 0 Å². The number of nitrogens with zero attached hydrogens (tertiary/aromatic N) is 1. The van der Waals surface area contributed by atoms with Crippen molar-refractivity contribution >= 4 is 5.91 Å². The van der Waals surface area contributed by atoms with Gasteiger partial charge < -0.3 is 4.90 Å². The zero-order chi connectivity index (χ0) is 12.3. The molecule has 0 spiro atoms. The van der Waals surface area contributed by atoms with E-state index in [0.717, 1.165) is 19.3 Å². The number of amides is 1. The van der Waals surface area contributed by atoms with Gasteiger partial charge in [0.1, 0.15) is 0 Å². The van der Waals surface area contributed by atoms with E-state index in [0.29, 0.717) is 0 Å². The lowest BCUT2D eigenvalue weighted by molar-refractivity contribution is -0.127. The Kier molecular flexibility index (Phi) is 3.62. The topological polar surface area (TPSA) is 20.3 Å². The molecule has 0 bridgehead atoms. The molecule has 1 unspecified atom stereocenters. The van der Waals surface area contributed by atoms with Crippen molar-refractivity contribution in [2.75, 3.05) is 7.05 Å². The number of benzene rings is 1. The molecule has 2 heteroatoms. The Hall–Kier alpha value is -1.57. The summed E-state index contributed by atoms with van der Waals surface area (Å²) in [6, 6.07) is 8.71. The van der Waals surface area contributed by atoms with Crippen molar-refractivity contribution in [3.63, 3.8) is 0 Å². The number of carbonyl (C=O) groups is 1. The number of hydrogen-bond donors (Lipinski definition) is 0. The predicted molar refractivity (Wildman–Crippen MR) is 69.7 cm³/mol. The lowest BCUT2D eigenvalue weighted by Gasteiger charge is -2.32. The Labute approximate surface area is 103 Å². The Morgan fingerprint density at radius 3 is 2.94 bits per heavy atom. The number of likely N-dealkylation sites (N-methyl/N-ethyl adjacent to an activating group) is 1. The first-order valence-electron chi connectivity index (χ1n) is 6.21. The largest absolute Gasteiger partial charge is 0.335 e. The second-order valence-corrected chi connectivity index (χ2v) is 4.56. The monoisotopic (exact) mass is 229 g/mol. The highest BCUT2D eigenvalue weighted by atomic mass is 16.2. The molecule has 1 amide bonds. The molecule has 1 aliphatic rings. The maximum atomic E-state index is 11.9. The molecule has 0 N–H and O–H groups in total. The van der Waals surface area contributed by atoms with Gasteiger partial charge in [-0.15, -0.1) is 0 Å². The summed E-state index contributed by atoms with van der Waals surface area (Å²) in [7, 11) is 1.90. The van der Waals surface area contributed by atoms with Gasteiger partial charge >= 0.3 is 0 Å². The molecule has 0 saturated heterocycles. The molecule has 1 atom stereocenters. The van der Waals surface area contributed by atoms with Crippen LogP contribution in [-0.4, -0.2) is 17.9 Å². The number of carbonyl (C=O) groups excluding carboxylic acids is 1. The lowest BCUT2D eigenvalue weighted by atomic mass is 9.87. The van der Waals surface area contributed by atoms with E-state index < -0.39 is 0 Å². The van der Waals surface area contributed by atoms with E-state index in [1.807, 2.05) is 18.9 Å². The van der Waals surface area contributed by atoms with Gasteiger partial charge in [0.05, 0.1) is 6.04 Å². The Morgan fingerprint density at radius 1 is 1.41 bits per heavy atom. The number of aryl methyl sites for hydroxylation is 1. The second kappa shape index (κ2) is 5.17. The van der Waals surface area contributed by atoms with Crippen LogP contribution in [0.15, 0.2) is 36.4 Å². The van der Waals surface area contributed by atoms with Crippen molar-refractivity contribution in [3.05, 3.63) is 47.5 Å². The molecule has 0 saturated carbocycles. The van der Waals surface area contributed by atoms with Crippen LogP contribution < -0.4 is 0 Å². The molecule has 0 fully saturated rings. The summed E-state index contributed by atoms with van der Waals surface area (Å²) in [4.78, 5) is 13.8. The van der Waals surface area contributed by atoms with Gasteiger partial charge in [-0.05, 0) is 43.4 Å². The maximum Gasteiger partial charge on any atom is 0.246 e. The highest BCUT2D eigenvalue weighted by Gasteiger charge is 2.25. The van der Waals surface area contributed by atoms with Crippen LogP contribution in [0.3, 0.4) is 0 Å². The van der Waals surface area contributed by atoms with Crippen molar-refractivity contribution in [3.8, 4) is 0 Å². The number of rotatable bonds is 2. The Balaban J connectivity index is 2.26. The van der Waals surface area contributed by atoms with E-state index in [1.165, 1.54) is 11.1 Å². The minimum Gasteiger partial charge on any atom is -0.335 e. The van der Waals surface area contributed by atoms with Gasteiger partial charge in [-0.3, -0.25) is 4.79 Å². The van der Waals surface area contributed by atoms with Gasteiger partial charge in [-0.25, -0.2) is 0 Å². The third kappa shape index (κ3) is 2.41. The first-order chi connectivity index (χ1) is 8.24. The van der Waals surface area contributed by atoms with E-state index >= 15 is 0 Å². The average molecular weight is 229 g/mol. The molecular weight excluding hydrogens is 210 g/mol. The van der Waals surface area contributed by atoms with Crippen molar-refractivity contribution in [1.82, 2.24) is 4.90 Å². The summed E-state index contributed by atoms with van der Waals surface area (Å²) in [6.07, 6.45) is 6.80. The second-order valence-electron chi connectivity index (χ2n) is 4.56. The number of hydrogen-bond acceptors (Lipinski definition) is 1. The molecule has 0 heterocycles. The van der Waals surface area contributed by atoms with Crippen molar-refractivity contribution < 1.29 is 4.79 Å². The van der Waals surface area contributed by atoms with Crippen LogP contribution in [0.1, 0.15) is 36.9 Å². The van der Waals surface area contributed by atoms with Crippen LogP contribution in [0.25, 0.3) is 0 Å². The molecule has 1 aliphatic carbocycles. The van der Waals surface area contributed by atoms with Crippen LogP contribution in [-0.2, 0) is 11.2 Å². The quantitative estimate of drug-likeness (QED) is 0.714. The molecule has 0 aliphatic heterocycles. The fourth-order valence-electron chi connectivity index (χ4n) is 2.54. The molecule has 0 aromatic heterocycles. The third-order valence-electron chi connectivity index (χ3n) is 3.46. The van der Waals surface area contributed by atoms with Crippen molar-refractivity contribution in [1.29, 1.82) is 0 Å². The summed E-state index contributed by atoms with van der Waals surface area (Å²) < 4.78 is 0. The summed E-state index contributed by atoms with van der Waals surface area (Å²) in [6.45, 7) is 1.88. The normalized spacial score (nSPS) is 19.1. The van der Waals surface area contributed by atoms with Crippen LogP contribution in [0.5, 0.6) is 0 Å². The molecule has 1 aromatic rings. The van der Waals surface area contributed by atoms with Gasteiger partial charge in [0, 0.05) is 7.05 Å². The molecule has 1 aromatic carbocycles. The Morgan fingerprint density at radius 2 is 2.18 bits per heavy atom. The molecule has 2 rings (SSSR count). The molecule has 2 nitrogen and oxygen atoms in total. The molecular formula is C15H19NO. The van der Waals surface area contributed by atoms with Gasteiger partial charge in [-0.1, -0.05) is 30.3 Å². The van der Waals surface area contributed by atoms with Crippen LogP contribution in [0, 0.1) is 0 Å². The van der Waals surface area contributed by atoms with E-state index in [-0.39, 0.29) is 11.9 Å². The zero-order valence-corrected chi connectivity index (χ0v) is 10.5. The minimum absolute atomic E-state index is 0.0919. The van der Waals surface area contributed by atoms with E-state index in [1.54, 1.807) is 12.2 Å². The smallest absolute Gasteiger partial charge is 0.246 e. The summed E-state index contributed by atoms with van der Waals surface area (Å²) in [5, 5.41) is 0. The SMILES string of the molecule is CC=CC(=O)N(C)C1CCCc2ccccc21. The number of fused-ring (bicyclic) bond motifs is 1. The summed E-state index contributed by atoms with van der Waals surface area (Å²) in [5.41, 5.74) is 2.71. The average Bonchev–Trinajstić information content (AvgIpc) is 2.37. The summed E-state index contributed by atoms with van der Waals surface area (Å²) >= 11 is 0. The minimum atomic E-state index is 0.0919. The number of allylic oxidation sites excluding steroid dienone is 1. The van der Waals surface area contributed by atoms with E-state index in [2.05, 4.69) is 24.3 Å². The van der Waals surface area contributed by atoms with Crippen molar-refractivity contribution in [2.24, 2.45) is 0 Å². The van der Waals surface area contributed by atoms with Crippen LogP contribution in [0.4, 0.5) is 0 Å².